The Bertz CT molecular complexity index is 1220. The van der Waals surface area contributed by atoms with Crippen LogP contribution in [0.1, 0.15) is 30.1 Å². The molecule has 4 aromatic rings. The van der Waals surface area contributed by atoms with Crippen molar-refractivity contribution in [1.82, 2.24) is 9.97 Å². The van der Waals surface area contributed by atoms with E-state index in [4.69, 9.17) is 4.74 Å². The average Bonchev–Trinajstić information content (AvgIpc) is 3.21. The Morgan fingerprint density at radius 2 is 1.77 bits per heavy atom. The summed E-state index contributed by atoms with van der Waals surface area (Å²) in [5, 5.41) is 5.76. The van der Waals surface area contributed by atoms with Crippen molar-refractivity contribution in [3.63, 3.8) is 0 Å². The van der Waals surface area contributed by atoms with Crippen LogP contribution in [0.4, 0.5) is 16.6 Å². The van der Waals surface area contributed by atoms with Crippen LogP contribution in [0, 0.1) is 0 Å². The van der Waals surface area contributed by atoms with Gasteiger partial charge in [-0.05, 0) is 34.9 Å². The Morgan fingerprint density at radius 3 is 2.65 bits per heavy atom. The molecule has 0 radical (unpaired) electrons. The van der Waals surface area contributed by atoms with Crippen LogP contribution in [0.3, 0.4) is 0 Å². The average molecular weight is 410 g/mol. The van der Waals surface area contributed by atoms with Crippen molar-refractivity contribution >= 4 is 28.6 Å². The first-order chi connectivity index (χ1) is 15.2. The number of rotatable bonds is 5. The van der Waals surface area contributed by atoms with Crippen LogP contribution < -0.4 is 10.2 Å². The van der Waals surface area contributed by atoms with Gasteiger partial charge >= 0.3 is 6.09 Å². The molecule has 1 amide bonds. The normalized spacial score (nSPS) is 16.9. The number of benzene rings is 3. The van der Waals surface area contributed by atoms with Gasteiger partial charge in [0.25, 0.3) is 0 Å². The van der Waals surface area contributed by atoms with Crippen LogP contribution in [0.2, 0.25) is 0 Å². The molecule has 0 saturated carbocycles. The zero-order valence-electron chi connectivity index (χ0n) is 17.1. The standard InChI is InChI=1S/C25H22N4O2/c1-17(20-13-7-11-18-8-5-6-12-21(18)20)27-24-26-15-14-23(28-24)29-22(16-31-25(29)30)19-9-3-2-4-10-19/h2-15,17,22H,16H2,1H3,(H,26,27,28). The van der Waals surface area contributed by atoms with Crippen LogP contribution in [0.5, 0.6) is 0 Å². The van der Waals surface area contributed by atoms with E-state index >= 15 is 0 Å². The van der Waals surface area contributed by atoms with Crippen LogP contribution in [-0.4, -0.2) is 22.7 Å². The molecule has 2 atom stereocenters. The number of amides is 1. The van der Waals surface area contributed by atoms with Gasteiger partial charge in [0, 0.05) is 6.20 Å². The second-order valence-electron chi connectivity index (χ2n) is 7.55. The summed E-state index contributed by atoms with van der Waals surface area (Å²) in [6, 6.07) is 25.9. The SMILES string of the molecule is CC(Nc1nccc(N2C(=O)OCC2c2ccccc2)n1)c1cccc2ccccc12. The molecule has 1 aromatic heterocycles. The summed E-state index contributed by atoms with van der Waals surface area (Å²) in [7, 11) is 0. The summed E-state index contributed by atoms with van der Waals surface area (Å²) < 4.78 is 5.33. The molecule has 1 saturated heterocycles. The van der Waals surface area contributed by atoms with Gasteiger partial charge < -0.3 is 10.1 Å². The third kappa shape index (κ3) is 3.68. The number of fused-ring (bicyclic) bond motifs is 1. The van der Waals surface area contributed by atoms with Gasteiger partial charge in [-0.1, -0.05) is 72.8 Å². The van der Waals surface area contributed by atoms with Crippen molar-refractivity contribution in [2.24, 2.45) is 0 Å². The van der Waals surface area contributed by atoms with E-state index in [1.54, 1.807) is 17.2 Å². The fourth-order valence-corrected chi connectivity index (χ4v) is 4.05. The van der Waals surface area contributed by atoms with E-state index in [1.807, 2.05) is 42.5 Å². The van der Waals surface area contributed by atoms with Crippen molar-refractivity contribution in [3.05, 3.63) is 96.2 Å². The number of ether oxygens (including phenoxy) is 1. The van der Waals surface area contributed by atoms with Crippen molar-refractivity contribution in [2.45, 2.75) is 19.0 Å². The molecule has 154 valence electrons. The number of carbonyl (C=O) groups excluding carboxylic acids is 1. The highest BCUT2D eigenvalue weighted by molar-refractivity contribution is 5.89. The first-order valence-electron chi connectivity index (χ1n) is 10.3. The second-order valence-corrected chi connectivity index (χ2v) is 7.55. The lowest BCUT2D eigenvalue weighted by molar-refractivity contribution is 0.179. The second kappa shape index (κ2) is 8.07. The molecule has 1 aliphatic rings. The van der Waals surface area contributed by atoms with E-state index in [-0.39, 0.29) is 12.1 Å². The highest BCUT2D eigenvalue weighted by Gasteiger charge is 2.36. The lowest BCUT2D eigenvalue weighted by Crippen LogP contribution is -2.28. The molecule has 6 heteroatoms. The van der Waals surface area contributed by atoms with E-state index in [2.05, 4.69) is 52.5 Å². The molecule has 0 bridgehead atoms. The maximum atomic E-state index is 12.5. The molecule has 31 heavy (non-hydrogen) atoms. The lowest BCUT2D eigenvalue weighted by Gasteiger charge is -2.22. The van der Waals surface area contributed by atoms with Crippen LogP contribution in [0.15, 0.2) is 85.1 Å². The summed E-state index contributed by atoms with van der Waals surface area (Å²) in [6.07, 6.45) is 1.26. The summed E-state index contributed by atoms with van der Waals surface area (Å²) in [4.78, 5) is 23.1. The largest absolute Gasteiger partial charge is 0.447 e. The Balaban J connectivity index is 1.43. The topological polar surface area (TPSA) is 67.4 Å². The van der Waals surface area contributed by atoms with E-state index < -0.39 is 6.09 Å². The molecule has 5 rings (SSSR count). The fourth-order valence-electron chi connectivity index (χ4n) is 4.05. The van der Waals surface area contributed by atoms with Crippen molar-refractivity contribution < 1.29 is 9.53 Å². The monoisotopic (exact) mass is 410 g/mol. The molecule has 0 aliphatic carbocycles. The van der Waals surface area contributed by atoms with Gasteiger partial charge in [0.1, 0.15) is 18.5 Å². The predicted octanol–water partition coefficient (Wildman–Crippen LogP) is 5.50. The summed E-state index contributed by atoms with van der Waals surface area (Å²) in [5.74, 6) is 0.975. The van der Waals surface area contributed by atoms with Gasteiger partial charge in [0.2, 0.25) is 5.95 Å². The molecule has 1 fully saturated rings. The van der Waals surface area contributed by atoms with Crippen LogP contribution in [-0.2, 0) is 4.74 Å². The Hall–Kier alpha value is -3.93. The van der Waals surface area contributed by atoms with Gasteiger partial charge in [0.15, 0.2) is 0 Å². The molecule has 3 aromatic carbocycles. The number of carbonyl (C=O) groups is 1. The highest BCUT2D eigenvalue weighted by atomic mass is 16.6. The number of nitrogens with zero attached hydrogens (tertiary/aromatic N) is 3. The third-order valence-electron chi connectivity index (χ3n) is 5.58. The number of hydrogen-bond acceptors (Lipinski definition) is 5. The molecule has 0 spiro atoms. The Labute approximate surface area is 180 Å². The van der Waals surface area contributed by atoms with Gasteiger partial charge in [-0.2, -0.15) is 4.98 Å². The third-order valence-corrected chi connectivity index (χ3v) is 5.58. The van der Waals surface area contributed by atoms with Crippen molar-refractivity contribution in [1.29, 1.82) is 0 Å². The first kappa shape index (κ1) is 19.1. The molecule has 1 N–H and O–H groups in total. The van der Waals surface area contributed by atoms with E-state index in [1.165, 1.54) is 10.8 Å². The van der Waals surface area contributed by atoms with Gasteiger partial charge in [-0.25, -0.2) is 9.78 Å². The van der Waals surface area contributed by atoms with Gasteiger partial charge in [-0.3, -0.25) is 4.90 Å². The molecule has 2 heterocycles. The number of nitrogens with one attached hydrogen (secondary N) is 1. The summed E-state index contributed by atoms with van der Waals surface area (Å²) >= 11 is 0. The highest BCUT2D eigenvalue weighted by Crippen LogP contribution is 2.32. The number of anilines is 2. The molecular formula is C25H22N4O2. The number of cyclic esters (lactones) is 1. The zero-order valence-corrected chi connectivity index (χ0v) is 17.1. The first-order valence-corrected chi connectivity index (χ1v) is 10.3. The van der Waals surface area contributed by atoms with Crippen LogP contribution in [0.25, 0.3) is 10.8 Å². The molecule has 1 aliphatic heterocycles. The minimum atomic E-state index is -0.402. The van der Waals surface area contributed by atoms with Crippen LogP contribution >= 0.6 is 0 Å². The minimum absolute atomic E-state index is 0.0169. The molecule has 2 unspecified atom stereocenters. The molecular weight excluding hydrogens is 388 g/mol. The van der Waals surface area contributed by atoms with E-state index in [9.17, 15) is 4.79 Å². The predicted molar refractivity (Wildman–Crippen MR) is 121 cm³/mol. The Morgan fingerprint density at radius 1 is 1.00 bits per heavy atom. The number of hydrogen-bond donors (Lipinski definition) is 1. The van der Waals surface area contributed by atoms with E-state index in [0.717, 1.165) is 11.1 Å². The summed E-state index contributed by atoms with van der Waals surface area (Å²) in [5.41, 5.74) is 2.17. The van der Waals surface area contributed by atoms with Gasteiger partial charge in [-0.15, -0.1) is 0 Å². The van der Waals surface area contributed by atoms with Crippen molar-refractivity contribution in [3.8, 4) is 0 Å². The maximum Gasteiger partial charge on any atom is 0.416 e. The summed E-state index contributed by atoms with van der Waals surface area (Å²) in [6.45, 7) is 2.37. The quantitative estimate of drug-likeness (QED) is 0.470. The lowest BCUT2D eigenvalue weighted by atomic mass is 10.00. The molecule has 6 nitrogen and oxygen atoms in total. The van der Waals surface area contributed by atoms with Gasteiger partial charge in [0.05, 0.1) is 6.04 Å². The zero-order chi connectivity index (χ0) is 21.2. The minimum Gasteiger partial charge on any atom is -0.447 e. The maximum absolute atomic E-state index is 12.5. The van der Waals surface area contributed by atoms with E-state index in [0.29, 0.717) is 18.4 Å². The number of aromatic nitrogens is 2. The smallest absolute Gasteiger partial charge is 0.416 e. The van der Waals surface area contributed by atoms with Crippen molar-refractivity contribution in [2.75, 3.05) is 16.8 Å². The Kier molecular flexibility index (Phi) is 4.96. The fraction of sp³-hybridized carbons (Fsp3) is 0.160.